The second-order valence-corrected chi connectivity index (χ2v) is 6.59. The number of halogens is 2. The van der Waals surface area contributed by atoms with Gasteiger partial charge < -0.3 is 10.6 Å². The van der Waals surface area contributed by atoms with Crippen molar-refractivity contribution in [1.82, 2.24) is 10.6 Å². The van der Waals surface area contributed by atoms with E-state index in [9.17, 15) is 8.78 Å². The summed E-state index contributed by atoms with van der Waals surface area (Å²) in [4.78, 5) is 4.12. The van der Waals surface area contributed by atoms with Crippen LogP contribution in [0.2, 0.25) is 0 Å². The summed E-state index contributed by atoms with van der Waals surface area (Å²) in [5.74, 6) is -0.158. The van der Waals surface area contributed by atoms with E-state index in [1.54, 1.807) is 13.1 Å². The van der Waals surface area contributed by atoms with Crippen LogP contribution in [0.3, 0.4) is 0 Å². The zero-order valence-corrected chi connectivity index (χ0v) is 15.1. The molecule has 0 aliphatic rings. The van der Waals surface area contributed by atoms with Crippen molar-refractivity contribution in [3.05, 3.63) is 70.8 Å². The number of nitrogens with one attached hydrogen (secondary N) is 2. The van der Waals surface area contributed by atoms with Crippen LogP contribution in [0.15, 0.2) is 47.5 Å². The Morgan fingerprint density at radius 3 is 2.58 bits per heavy atom. The highest BCUT2D eigenvalue weighted by Crippen LogP contribution is 2.22. The van der Waals surface area contributed by atoms with Crippen molar-refractivity contribution < 1.29 is 8.78 Å². The molecule has 0 radical (unpaired) electrons. The van der Waals surface area contributed by atoms with E-state index in [2.05, 4.69) is 15.6 Å². The molecule has 0 amide bonds. The van der Waals surface area contributed by atoms with Crippen molar-refractivity contribution in [1.29, 1.82) is 5.26 Å². The highest BCUT2D eigenvalue weighted by Gasteiger charge is 2.21. The standard InChI is InChI=1S/C20H22F2N4/c1-20(2,16-5-4-6-17(21)10-16)13-26-19(24-3)25-12-15-9-14(11-23)7-8-18(15)22/h4-10H,12-13H2,1-3H3,(H2,24,25,26). The smallest absolute Gasteiger partial charge is 0.191 e. The van der Waals surface area contributed by atoms with Crippen molar-refractivity contribution in [2.24, 2.45) is 4.99 Å². The maximum atomic E-state index is 13.8. The van der Waals surface area contributed by atoms with Gasteiger partial charge in [-0.1, -0.05) is 26.0 Å². The van der Waals surface area contributed by atoms with E-state index in [1.807, 2.05) is 26.0 Å². The van der Waals surface area contributed by atoms with Crippen LogP contribution in [-0.4, -0.2) is 19.6 Å². The van der Waals surface area contributed by atoms with Gasteiger partial charge in [0.15, 0.2) is 5.96 Å². The zero-order valence-electron chi connectivity index (χ0n) is 15.1. The first-order valence-corrected chi connectivity index (χ1v) is 8.25. The third kappa shape index (κ3) is 5.03. The van der Waals surface area contributed by atoms with Crippen LogP contribution in [0, 0.1) is 23.0 Å². The maximum absolute atomic E-state index is 13.8. The van der Waals surface area contributed by atoms with Gasteiger partial charge in [0.25, 0.3) is 0 Å². The Balaban J connectivity index is 1.99. The number of nitrogens with zero attached hydrogens (tertiary/aromatic N) is 2. The fraction of sp³-hybridized carbons (Fsp3) is 0.300. The van der Waals surface area contributed by atoms with Crippen LogP contribution in [0.5, 0.6) is 0 Å². The maximum Gasteiger partial charge on any atom is 0.191 e. The van der Waals surface area contributed by atoms with Gasteiger partial charge in [-0.2, -0.15) is 5.26 Å². The third-order valence-electron chi connectivity index (χ3n) is 4.15. The van der Waals surface area contributed by atoms with Crippen molar-refractivity contribution in [2.45, 2.75) is 25.8 Å². The van der Waals surface area contributed by atoms with Gasteiger partial charge in [0.1, 0.15) is 11.6 Å². The van der Waals surface area contributed by atoms with E-state index in [0.29, 0.717) is 23.6 Å². The molecule has 0 heterocycles. The Morgan fingerprint density at radius 2 is 1.92 bits per heavy atom. The molecule has 2 aromatic rings. The molecule has 0 spiro atoms. The fourth-order valence-electron chi connectivity index (χ4n) is 2.50. The minimum atomic E-state index is -0.382. The van der Waals surface area contributed by atoms with E-state index in [1.165, 1.54) is 30.3 Å². The van der Waals surface area contributed by atoms with Crippen LogP contribution in [0.25, 0.3) is 0 Å². The average molecular weight is 356 g/mol. The number of hydrogen-bond acceptors (Lipinski definition) is 2. The summed E-state index contributed by atoms with van der Waals surface area (Å²) in [6.07, 6.45) is 0. The predicted octanol–water partition coefficient (Wildman–Crippen LogP) is 3.48. The second-order valence-electron chi connectivity index (χ2n) is 6.59. The first-order valence-electron chi connectivity index (χ1n) is 8.25. The SMILES string of the molecule is CN=C(NCc1cc(C#N)ccc1F)NCC(C)(C)c1cccc(F)c1. The van der Waals surface area contributed by atoms with Crippen LogP contribution >= 0.6 is 0 Å². The van der Waals surface area contributed by atoms with Crippen molar-refractivity contribution in [3.63, 3.8) is 0 Å². The summed E-state index contributed by atoms with van der Waals surface area (Å²) in [6.45, 7) is 4.70. The molecule has 2 rings (SSSR count). The first-order chi connectivity index (χ1) is 12.4. The van der Waals surface area contributed by atoms with E-state index in [-0.39, 0.29) is 23.6 Å². The number of nitriles is 1. The first kappa shape index (κ1) is 19.4. The van der Waals surface area contributed by atoms with E-state index in [0.717, 1.165) is 5.56 Å². The topological polar surface area (TPSA) is 60.2 Å². The molecule has 0 bridgehead atoms. The van der Waals surface area contributed by atoms with Gasteiger partial charge in [-0.05, 0) is 35.9 Å². The molecule has 0 unspecified atom stereocenters. The molecule has 0 aliphatic heterocycles. The van der Waals surface area contributed by atoms with Gasteiger partial charge >= 0.3 is 0 Å². The molecule has 2 N–H and O–H groups in total. The van der Waals surface area contributed by atoms with Crippen molar-refractivity contribution >= 4 is 5.96 Å². The number of rotatable bonds is 5. The molecule has 0 saturated heterocycles. The summed E-state index contributed by atoms with van der Waals surface area (Å²) >= 11 is 0. The normalized spacial score (nSPS) is 11.8. The van der Waals surface area contributed by atoms with Crippen molar-refractivity contribution in [2.75, 3.05) is 13.6 Å². The second kappa shape index (κ2) is 8.43. The highest BCUT2D eigenvalue weighted by atomic mass is 19.1. The lowest BCUT2D eigenvalue weighted by molar-refractivity contribution is 0.502. The monoisotopic (exact) mass is 356 g/mol. The number of hydrogen-bond donors (Lipinski definition) is 2. The molecular formula is C20H22F2N4. The Morgan fingerprint density at radius 1 is 1.15 bits per heavy atom. The Kier molecular flexibility index (Phi) is 6.29. The Hall–Kier alpha value is -2.94. The van der Waals surface area contributed by atoms with Crippen molar-refractivity contribution in [3.8, 4) is 6.07 Å². The quantitative estimate of drug-likeness (QED) is 0.637. The molecule has 0 saturated carbocycles. The van der Waals surface area contributed by atoms with Gasteiger partial charge in [0.05, 0.1) is 11.6 Å². The number of benzene rings is 2. The van der Waals surface area contributed by atoms with Gasteiger partial charge in [-0.25, -0.2) is 8.78 Å². The minimum absolute atomic E-state index is 0.196. The molecule has 136 valence electrons. The van der Waals surface area contributed by atoms with E-state index < -0.39 is 0 Å². The Bertz CT molecular complexity index is 838. The molecule has 0 aliphatic carbocycles. The summed E-state index contributed by atoms with van der Waals surface area (Å²) < 4.78 is 27.3. The van der Waals surface area contributed by atoms with Gasteiger partial charge in [0, 0.05) is 31.1 Å². The molecule has 0 fully saturated rings. The lowest BCUT2D eigenvalue weighted by Crippen LogP contribution is -2.43. The average Bonchev–Trinajstić information content (AvgIpc) is 2.63. The number of guanidine groups is 1. The lowest BCUT2D eigenvalue weighted by atomic mass is 9.84. The predicted molar refractivity (Wildman–Crippen MR) is 98.7 cm³/mol. The summed E-state index contributed by atoms with van der Waals surface area (Å²) in [5, 5.41) is 15.1. The van der Waals surface area contributed by atoms with Gasteiger partial charge in [-0.15, -0.1) is 0 Å². The molecule has 6 heteroatoms. The molecule has 0 aromatic heterocycles. The van der Waals surface area contributed by atoms with E-state index >= 15 is 0 Å². The summed E-state index contributed by atoms with van der Waals surface area (Å²) in [7, 11) is 1.62. The van der Waals surface area contributed by atoms with Crippen LogP contribution in [-0.2, 0) is 12.0 Å². The molecule has 2 aromatic carbocycles. The fourth-order valence-corrected chi connectivity index (χ4v) is 2.50. The summed E-state index contributed by atoms with van der Waals surface area (Å²) in [5.41, 5.74) is 1.33. The zero-order chi connectivity index (χ0) is 19.2. The summed E-state index contributed by atoms with van der Waals surface area (Å²) in [6, 6.07) is 12.7. The molecule has 26 heavy (non-hydrogen) atoms. The number of aliphatic imine (C=N–C) groups is 1. The lowest BCUT2D eigenvalue weighted by Gasteiger charge is -2.27. The minimum Gasteiger partial charge on any atom is -0.356 e. The third-order valence-corrected chi connectivity index (χ3v) is 4.15. The van der Waals surface area contributed by atoms with E-state index in [4.69, 9.17) is 5.26 Å². The molecule has 0 atom stereocenters. The Labute approximate surface area is 152 Å². The van der Waals surface area contributed by atoms with Gasteiger partial charge in [-0.3, -0.25) is 4.99 Å². The highest BCUT2D eigenvalue weighted by molar-refractivity contribution is 5.79. The largest absolute Gasteiger partial charge is 0.356 e. The van der Waals surface area contributed by atoms with Crippen LogP contribution < -0.4 is 10.6 Å². The van der Waals surface area contributed by atoms with Crippen LogP contribution in [0.4, 0.5) is 8.78 Å². The molecular weight excluding hydrogens is 334 g/mol. The molecule has 4 nitrogen and oxygen atoms in total. The van der Waals surface area contributed by atoms with Gasteiger partial charge in [0.2, 0.25) is 0 Å². The van der Waals surface area contributed by atoms with Crippen LogP contribution in [0.1, 0.15) is 30.5 Å².